The van der Waals surface area contributed by atoms with E-state index in [9.17, 15) is 0 Å². The number of hydrogen-bond donors (Lipinski definition) is 1. The lowest BCUT2D eigenvalue weighted by Crippen LogP contribution is -2.13. The molecule has 0 spiro atoms. The van der Waals surface area contributed by atoms with Gasteiger partial charge in [-0.1, -0.05) is 25.1 Å². The lowest BCUT2D eigenvalue weighted by molar-refractivity contribution is 0.465. The van der Waals surface area contributed by atoms with Gasteiger partial charge in [0.1, 0.15) is 11.3 Å². The van der Waals surface area contributed by atoms with E-state index in [0.717, 1.165) is 0 Å². The molecule has 0 radical (unpaired) electrons. The van der Waals surface area contributed by atoms with Crippen LogP contribution >= 0.6 is 12.2 Å². The van der Waals surface area contributed by atoms with Crippen molar-refractivity contribution in [3.8, 4) is 0 Å². The van der Waals surface area contributed by atoms with Crippen molar-refractivity contribution >= 4 is 17.2 Å². The average Bonchev–Trinajstić information content (AvgIpc) is 2.75. The second-order valence-electron chi connectivity index (χ2n) is 3.35. The first kappa shape index (κ1) is 8.62. The van der Waals surface area contributed by atoms with Crippen LogP contribution in [0.25, 0.3) is 0 Å². The Morgan fingerprint density at radius 2 is 2.23 bits per heavy atom. The Bertz CT molecular complexity index is 314. The standard InChI is InChI=1S/C8H12N4S/c9-7(13)8-10-5-12(11-8)6-3-1-2-4-6/h5-6H,1-4H2,(H2,9,13). The summed E-state index contributed by atoms with van der Waals surface area (Å²) < 4.78 is 1.89. The van der Waals surface area contributed by atoms with E-state index in [4.69, 9.17) is 18.0 Å². The van der Waals surface area contributed by atoms with E-state index in [1.54, 1.807) is 6.33 Å². The zero-order valence-corrected chi connectivity index (χ0v) is 8.13. The molecule has 1 heterocycles. The zero-order valence-electron chi connectivity index (χ0n) is 7.31. The van der Waals surface area contributed by atoms with Crippen LogP contribution in [0, 0.1) is 0 Å². The molecule has 1 aromatic rings. The maximum Gasteiger partial charge on any atom is 0.208 e. The molecular weight excluding hydrogens is 184 g/mol. The van der Waals surface area contributed by atoms with Gasteiger partial charge in [0.05, 0.1) is 6.04 Å². The van der Waals surface area contributed by atoms with E-state index in [0.29, 0.717) is 11.9 Å². The van der Waals surface area contributed by atoms with Gasteiger partial charge in [-0.05, 0) is 12.8 Å². The second kappa shape index (κ2) is 3.41. The first-order valence-electron chi connectivity index (χ1n) is 4.48. The number of rotatable bonds is 2. The first-order valence-corrected chi connectivity index (χ1v) is 4.89. The van der Waals surface area contributed by atoms with Gasteiger partial charge >= 0.3 is 0 Å². The van der Waals surface area contributed by atoms with Gasteiger partial charge in [-0.15, -0.1) is 5.10 Å². The molecule has 1 aliphatic rings. The van der Waals surface area contributed by atoms with Gasteiger partial charge in [0.2, 0.25) is 5.82 Å². The number of nitrogens with two attached hydrogens (primary N) is 1. The van der Waals surface area contributed by atoms with Crippen molar-refractivity contribution in [3.05, 3.63) is 12.2 Å². The van der Waals surface area contributed by atoms with Gasteiger partial charge in [0, 0.05) is 0 Å². The Balaban J connectivity index is 2.16. The van der Waals surface area contributed by atoms with Gasteiger partial charge < -0.3 is 5.73 Å². The van der Waals surface area contributed by atoms with Crippen molar-refractivity contribution in [3.63, 3.8) is 0 Å². The summed E-state index contributed by atoms with van der Waals surface area (Å²) in [4.78, 5) is 4.32. The maximum atomic E-state index is 5.42. The molecule has 1 aromatic heterocycles. The molecule has 2 rings (SSSR count). The number of thiocarbonyl (C=S) groups is 1. The van der Waals surface area contributed by atoms with Crippen LogP contribution in [0.4, 0.5) is 0 Å². The molecule has 0 atom stereocenters. The van der Waals surface area contributed by atoms with E-state index < -0.39 is 0 Å². The molecule has 0 aromatic carbocycles. The van der Waals surface area contributed by atoms with E-state index in [2.05, 4.69) is 10.1 Å². The van der Waals surface area contributed by atoms with Crippen LogP contribution in [0.15, 0.2) is 6.33 Å². The van der Waals surface area contributed by atoms with Crippen LogP contribution in [-0.2, 0) is 0 Å². The topological polar surface area (TPSA) is 56.7 Å². The molecule has 1 saturated carbocycles. The predicted octanol–water partition coefficient (Wildman–Crippen LogP) is 1.03. The van der Waals surface area contributed by atoms with Gasteiger partial charge in [-0.2, -0.15) is 0 Å². The molecule has 0 aliphatic heterocycles. The van der Waals surface area contributed by atoms with Crippen LogP contribution in [0.1, 0.15) is 37.5 Å². The molecule has 1 fully saturated rings. The molecule has 2 N–H and O–H groups in total. The molecule has 4 nitrogen and oxygen atoms in total. The van der Waals surface area contributed by atoms with Crippen molar-refractivity contribution in [1.82, 2.24) is 14.8 Å². The lowest BCUT2D eigenvalue weighted by Gasteiger charge is -2.06. The maximum absolute atomic E-state index is 5.42. The van der Waals surface area contributed by atoms with Crippen LogP contribution in [0.5, 0.6) is 0 Å². The molecule has 0 amide bonds. The number of hydrogen-bond acceptors (Lipinski definition) is 3. The van der Waals surface area contributed by atoms with Gasteiger partial charge in [0.15, 0.2) is 0 Å². The summed E-state index contributed by atoms with van der Waals surface area (Å²) >= 11 is 4.79. The summed E-state index contributed by atoms with van der Waals surface area (Å²) in [6.07, 6.45) is 6.69. The fourth-order valence-electron chi connectivity index (χ4n) is 1.73. The number of aromatic nitrogens is 3. The molecule has 5 heteroatoms. The van der Waals surface area contributed by atoms with Crippen LogP contribution < -0.4 is 5.73 Å². The van der Waals surface area contributed by atoms with E-state index in [1.807, 2.05) is 4.68 Å². The normalized spacial score (nSPS) is 17.8. The van der Waals surface area contributed by atoms with Crippen molar-refractivity contribution in [2.75, 3.05) is 0 Å². The van der Waals surface area contributed by atoms with E-state index in [-0.39, 0.29) is 4.99 Å². The lowest BCUT2D eigenvalue weighted by atomic mass is 10.3. The first-order chi connectivity index (χ1) is 6.27. The Labute approximate surface area is 82.1 Å². The van der Waals surface area contributed by atoms with Crippen molar-refractivity contribution in [2.24, 2.45) is 5.73 Å². The minimum atomic E-state index is 0.275. The van der Waals surface area contributed by atoms with Gasteiger partial charge in [-0.3, -0.25) is 0 Å². The molecule has 0 saturated heterocycles. The van der Waals surface area contributed by atoms with Crippen molar-refractivity contribution in [2.45, 2.75) is 31.7 Å². The minimum absolute atomic E-state index is 0.275. The zero-order chi connectivity index (χ0) is 9.26. The number of nitrogens with zero attached hydrogens (tertiary/aromatic N) is 3. The molecular formula is C8H12N4S. The van der Waals surface area contributed by atoms with Crippen LogP contribution in [0.2, 0.25) is 0 Å². The third-order valence-electron chi connectivity index (χ3n) is 2.43. The third kappa shape index (κ3) is 1.70. The summed E-state index contributed by atoms with van der Waals surface area (Å²) in [7, 11) is 0. The smallest absolute Gasteiger partial charge is 0.208 e. The van der Waals surface area contributed by atoms with Gasteiger partial charge in [-0.25, -0.2) is 9.67 Å². The average molecular weight is 196 g/mol. The summed E-state index contributed by atoms with van der Waals surface area (Å²) in [6, 6.07) is 0.510. The van der Waals surface area contributed by atoms with Gasteiger partial charge in [0.25, 0.3) is 0 Å². The fourth-order valence-corrected chi connectivity index (χ4v) is 1.83. The van der Waals surface area contributed by atoms with Crippen molar-refractivity contribution < 1.29 is 0 Å². The fraction of sp³-hybridized carbons (Fsp3) is 0.625. The van der Waals surface area contributed by atoms with E-state index in [1.165, 1.54) is 25.7 Å². The molecule has 1 aliphatic carbocycles. The highest BCUT2D eigenvalue weighted by molar-refractivity contribution is 7.80. The molecule has 0 unspecified atom stereocenters. The van der Waals surface area contributed by atoms with Crippen LogP contribution in [0.3, 0.4) is 0 Å². The highest BCUT2D eigenvalue weighted by Crippen LogP contribution is 2.28. The highest BCUT2D eigenvalue weighted by Gasteiger charge is 2.18. The Morgan fingerprint density at radius 3 is 2.77 bits per heavy atom. The predicted molar refractivity (Wildman–Crippen MR) is 53.4 cm³/mol. The SMILES string of the molecule is NC(=S)c1ncn(C2CCCC2)n1. The monoisotopic (exact) mass is 196 g/mol. The Hall–Kier alpha value is -0.970. The van der Waals surface area contributed by atoms with Crippen LogP contribution in [-0.4, -0.2) is 19.8 Å². The third-order valence-corrected chi connectivity index (χ3v) is 2.61. The second-order valence-corrected chi connectivity index (χ2v) is 3.79. The highest BCUT2D eigenvalue weighted by atomic mass is 32.1. The van der Waals surface area contributed by atoms with E-state index >= 15 is 0 Å². The molecule has 0 bridgehead atoms. The Kier molecular flexibility index (Phi) is 2.26. The van der Waals surface area contributed by atoms with Crippen molar-refractivity contribution in [1.29, 1.82) is 0 Å². The minimum Gasteiger partial charge on any atom is -0.387 e. The summed E-state index contributed by atoms with van der Waals surface area (Å²) in [5.74, 6) is 0.488. The molecule has 70 valence electrons. The summed E-state index contributed by atoms with van der Waals surface area (Å²) in [6.45, 7) is 0. The Morgan fingerprint density at radius 1 is 1.54 bits per heavy atom. The quantitative estimate of drug-likeness (QED) is 0.718. The molecule has 13 heavy (non-hydrogen) atoms. The largest absolute Gasteiger partial charge is 0.387 e. The summed E-state index contributed by atoms with van der Waals surface area (Å²) in [5.41, 5.74) is 5.42. The summed E-state index contributed by atoms with van der Waals surface area (Å²) in [5, 5.41) is 4.23.